The monoisotopic (exact) mass is 258 g/mol. The number of aryl methyl sites for hydroxylation is 1. The fourth-order valence-electron chi connectivity index (χ4n) is 3.15. The second-order valence-electron chi connectivity index (χ2n) is 5.11. The number of hydrogen-bond donors (Lipinski definition) is 2. The molecular weight excluding hydrogens is 240 g/mol. The van der Waals surface area contributed by atoms with Gasteiger partial charge in [0.2, 0.25) is 0 Å². The van der Waals surface area contributed by atoms with Gasteiger partial charge in [-0.3, -0.25) is 0 Å². The van der Waals surface area contributed by atoms with E-state index in [1.165, 1.54) is 24.1 Å². The molecule has 4 heteroatoms. The summed E-state index contributed by atoms with van der Waals surface area (Å²) in [5, 5.41) is 10.2. The van der Waals surface area contributed by atoms with Crippen molar-refractivity contribution in [3.8, 4) is 0 Å². The van der Waals surface area contributed by atoms with E-state index in [1.807, 2.05) is 12.1 Å². The number of hydrogen-bond acceptors (Lipinski definition) is 2. The van der Waals surface area contributed by atoms with Gasteiger partial charge in [-0.25, -0.2) is 4.79 Å². The molecule has 4 nitrogen and oxygen atoms in total. The van der Waals surface area contributed by atoms with Gasteiger partial charge in [-0.15, -0.1) is 0 Å². The highest BCUT2D eigenvalue weighted by atomic mass is 16.4. The highest BCUT2D eigenvalue weighted by molar-refractivity contribution is 5.95. The minimum atomic E-state index is -0.863. The standard InChI is InChI=1S/C15H18N2O2/c16-7-8-17-13-4-2-1-3-11(13)12-9-10(15(18)19)5-6-14(12)17/h5-6,9H,1-4,7-8,16H2,(H,18,19). The fourth-order valence-corrected chi connectivity index (χ4v) is 3.15. The molecule has 0 amide bonds. The molecule has 19 heavy (non-hydrogen) atoms. The van der Waals surface area contributed by atoms with E-state index in [9.17, 15) is 4.79 Å². The lowest BCUT2D eigenvalue weighted by Crippen LogP contribution is -2.14. The van der Waals surface area contributed by atoms with E-state index >= 15 is 0 Å². The summed E-state index contributed by atoms with van der Waals surface area (Å²) < 4.78 is 2.27. The molecule has 1 heterocycles. The average Bonchev–Trinajstić information content (AvgIpc) is 2.74. The average molecular weight is 258 g/mol. The van der Waals surface area contributed by atoms with E-state index in [-0.39, 0.29) is 0 Å². The largest absolute Gasteiger partial charge is 0.478 e. The van der Waals surface area contributed by atoms with Crippen LogP contribution in [0.4, 0.5) is 0 Å². The fraction of sp³-hybridized carbons (Fsp3) is 0.400. The zero-order valence-corrected chi connectivity index (χ0v) is 10.9. The minimum Gasteiger partial charge on any atom is -0.478 e. The Hall–Kier alpha value is -1.81. The Balaban J connectivity index is 2.26. The summed E-state index contributed by atoms with van der Waals surface area (Å²) in [4.78, 5) is 11.1. The van der Waals surface area contributed by atoms with Crippen LogP contribution in [0.15, 0.2) is 18.2 Å². The molecule has 3 N–H and O–H groups in total. The molecule has 0 saturated carbocycles. The van der Waals surface area contributed by atoms with Gasteiger partial charge in [-0.1, -0.05) is 0 Å². The Kier molecular flexibility index (Phi) is 3.03. The third-order valence-electron chi connectivity index (χ3n) is 3.98. The number of fused-ring (bicyclic) bond motifs is 3. The van der Waals surface area contributed by atoms with Crippen LogP contribution in [0.3, 0.4) is 0 Å². The molecule has 0 atom stereocenters. The van der Waals surface area contributed by atoms with Crippen LogP contribution in [0.5, 0.6) is 0 Å². The van der Waals surface area contributed by atoms with Gasteiger partial charge in [0, 0.05) is 29.7 Å². The maximum atomic E-state index is 11.1. The van der Waals surface area contributed by atoms with E-state index in [0.29, 0.717) is 12.1 Å². The molecule has 0 unspecified atom stereocenters. The maximum absolute atomic E-state index is 11.1. The number of rotatable bonds is 3. The smallest absolute Gasteiger partial charge is 0.335 e. The van der Waals surface area contributed by atoms with E-state index < -0.39 is 5.97 Å². The van der Waals surface area contributed by atoms with Gasteiger partial charge >= 0.3 is 5.97 Å². The van der Waals surface area contributed by atoms with Crippen molar-refractivity contribution in [1.82, 2.24) is 4.57 Å². The maximum Gasteiger partial charge on any atom is 0.335 e. The summed E-state index contributed by atoms with van der Waals surface area (Å²) in [6, 6.07) is 5.42. The molecule has 0 fully saturated rings. The van der Waals surface area contributed by atoms with Crippen LogP contribution in [0.1, 0.15) is 34.5 Å². The number of carboxylic acid groups (broad SMARTS) is 1. The number of nitrogens with two attached hydrogens (primary N) is 1. The summed E-state index contributed by atoms with van der Waals surface area (Å²) in [6.07, 6.45) is 4.52. The minimum absolute atomic E-state index is 0.366. The molecule has 0 spiro atoms. The highest BCUT2D eigenvalue weighted by Gasteiger charge is 2.20. The first-order valence-electron chi connectivity index (χ1n) is 6.79. The van der Waals surface area contributed by atoms with Gasteiger partial charge in [-0.05, 0) is 49.4 Å². The summed E-state index contributed by atoms with van der Waals surface area (Å²) in [6.45, 7) is 1.41. The molecule has 100 valence electrons. The summed E-state index contributed by atoms with van der Waals surface area (Å²) in [5.41, 5.74) is 9.89. The normalized spacial score (nSPS) is 14.6. The van der Waals surface area contributed by atoms with Gasteiger partial charge in [0.15, 0.2) is 0 Å². The number of carbonyl (C=O) groups is 1. The SMILES string of the molecule is NCCn1c2c(c3cc(C(=O)O)ccc31)CCCC2. The number of aromatic nitrogens is 1. The quantitative estimate of drug-likeness (QED) is 0.886. The molecule has 0 saturated heterocycles. The van der Waals surface area contributed by atoms with E-state index in [4.69, 9.17) is 10.8 Å². The molecule has 1 aliphatic rings. The molecule has 0 aliphatic heterocycles. The van der Waals surface area contributed by atoms with Crippen LogP contribution < -0.4 is 5.73 Å². The first kappa shape index (κ1) is 12.2. The van der Waals surface area contributed by atoms with Crippen LogP contribution in [-0.2, 0) is 19.4 Å². The lowest BCUT2D eigenvalue weighted by atomic mass is 9.95. The Bertz CT molecular complexity index is 643. The topological polar surface area (TPSA) is 68.2 Å². The van der Waals surface area contributed by atoms with Crippen molar-refractivity contribution in [2.45, 2.75) is 32.2 Å². The Morgan fingerprint density at radius 1 is 1.32 bits per heavy atom. The van der Waals surface area contributed by atoms with Crippen molar-refractivity contribution in [1.29, 1.82) is 0 Å². The van der Waals surface area contributed by atoms with Crippen molar-refractivity contribution in [2.75, 3.05) is 6.54 Å². The van der Waals surface area contributed by atoms with Gasteiger partial charge in [-0.2, -0.15) is 0 Å². The number of aromatic carboxylic acids is 1. The number of carboxylic acids is 1. The van der Waals surface area contributed by atoms with Crippen LogP contribution >= 0.6 is 0 Å². The predicted molar refractivity (Wildman–Crippen MR) is 74.6 cm³/mol. The zero-order valence-electron chi connectivity index (χ0n) is 10.9. The van der Waals surface area contributed by atoms with Crippen LogP contribution in [0.25, 0.3) is 10.9 Å². The van der Waals surface area contributed by atoms with Crippen LogP contribution in [0.2, 0.25) is 0 Å². The van der Waals surface area contributed by atoms with Crippen LogP contribution in [0, 0.1) is 0 Å². The van der Waals surface area contributed by atoms with E-state index in [2.05, 4.69) is 4.57 Å². The molecular formula is C15H18N2O2. The Morgan fingerprint density at radius 3 is 2.84 bits per heavy atom. The molecule has 1 aromatic carbocycles. The van der Waals surface area contributed by atoms with Crippen LogP contribution in [-0.4, -0.2) is 22.2 Å². The predicted octanol–water partition coefficient (Wildman–Crippen LogP) is 2.18. The molecule has 3 rings (SSSR count). The molecule has 0 radical (unpaired) electrons. The summed E-state index contributed by atoms with van der Waals surface area (Å²) in [7, 11) is 0. The van der Waals surface area contributed by atoms with Gasteiger partial charge in [0.05, 0.1) is 5.56 Å². The second-order valence-corrected chi connectivity index (χ2v) is 5.11. The van der Waals surface area contributed by atoms with E-state index in [0.717, 1.165) is 30.3 Å². The molecule has 0 bridgehead atoms. The molecule has 2 aromatic rings. The lowest BCUT2D eigenvalue weighted by Gasteiger charge is -2.15. The zero-order chi connectivity index (χ0) is 13.4. The van der Waals surface area contributed by atoms with Gasteiger partial charge in [0.25, 0.3) is 0 Å². The number of nitrogens with zero attached hydrogens (tertiary/aromatic N) is 1. The Morgan fingerprint density at radius 2 is 2.11 bits per heavy atom. The van der Waals surface area contributed by atoms with Crippen molar-refractivity contribution in [3.63, 3.8) is 0 Å². The lowest BCUT2D eigenvalue weighted by molar-refractivity contribution is 0.0697. The Labute approximate surface area is 111 Å². The van der Waals surface area contributed by atoms with Crippen molar-refractivity contribution in [3.05, 3.63) is 35.0 Å². The van der Waals surface area contributed by atoms with Crippen molar-refractivity contribution >= 4 is 16.9 Å². The van der Waals surface area contributed by atoms with Crippen molar-refractivity contribution in [2.24, 2.45) is 5.73 Å². The first-order valence-corrected chi connectivity index (χ1v) is 6.79. The van der Waals surface area contributed by atoms with Crippen molar-refractivity contribution < 1.29 is 9.90 Å². The molecule has 1 aliphatic carbocycles. The second kappa shape index (κ2) is 4.70. The number of benzene rings is 1. The highest BCUT2D eigenvalue weighted by Crippen LogP contribution is 2.32. The summed E-state index contributed by atoms with van der Waals surface area (Å²) >= 11 is 0. The van der Waals surface area contributed by atoms with Gasteiger partial charge < -0.3 is 15.4 Å². The third kappa shape index (κ3) is 1.92. The van der Waals surface area contributed by atoms with Gasteiger partial charge in [0.1, 0.15) is 0 Å². The molecule has 1 aromatic heterocycles. The first-order chi connectivity index (χ1) is 9.22. The van der Waals surface area contributed by atoms with E-state index in [1.54, 1.807) is 6.07 Å². The summed E-state index contributed by atoms with van der Waals surface area (Å²) in [5.74, 6) is -0.863. The third-order valence-corrected chi connectivity index (χ3v) is 3.98.